The third-order valence-corrected chi connectivity index (χ3v) is 3.44. The number of halogens is 2. The van der Waals surface area contributed by atoms with Gasteiger partial charge in [0.15, 0.2) is 11.6 Å². The number of quaternary nitrogens is 1. The standard InChI is InChI=1S/C13H16F2N2O/c1-2-16-6-8-17(9-7-16)13(18)10-4-3-5-11(14)12(10)15/h3-5H,2,6-9H2,1H3/p+1. The van der Waals surface area contributed by atoms with Crippen LogP contribution in [0, 0.1) is 11.6 Å². The van der Waals surface area contributed by atoms with Crippen LogP contribution in [0.5, 0.6) is 0 Å². The van der Waals surface area contributed by atoms with Crippen molar-refractivity contribution in [3.63, 3.8) is 0 Å². The molecule has 98 valence electrons. The number of amides is 1. The molecule has 0 aliphatic carbocycles. The van der Waals surface area contributed by atoms with Crippen LogP contribution in [0.15, 0.2) is 18.2 Å². The lowest BCUT2D eigenvalue weighted by atomic mass is 10.1. The minimum atomic E-state index is -1.05. The fraction of sp³-hybridized carbons (Fsp3) is 0.462. The Morgan fingerprint density at radius 3 is 2.61 bits per heavy atom. The third-order valence-electron chi connectivity index (χ3n) is 3.44. The third kappa shape index (κ3) is 2.51. The van der Waals surface area contributed by atoms with Crippen LogP contribution >= 0.6 is 0 Å². The maximum atomic E-state index is 13.5. The Morgan fingerprint density at radius 2 is 2.00 bits per heavy atom. The highest BCUT2D eigenvalue weighted by Crippen LogP contribution is 2.13. The molecule has 0 atom stereocenters. The van der Waals surface area contributed by atoms with E-state index in [0.717, 1.165) is 25.7 Å². The van der Waals surface area contributed by atoms with Crippen LogP contribution in [0.4, 0.5) is 8.78 Å². The molecule has 0 radical (unpaired) electrons. The van der Waals surface area contributed by atoms with Crippen LogP contribution in [0.1, 0.15) is 17.3 Å². The summed E-state index contributed by atoms with van der Waals surface area (Å²) in [6, 6.07) is 3.71. The molecule has 0 aromatic heterocycles. The average molecular weight is 255 g/mol. The van der Waals surface area contributed by atoms with E-state index in [1.807, 2.05) is 0 Å². The molecule has 0 bridgehead atoms. The Balaban J connectivity index is 2.10. The largest absolute Gasteiger partial charge is 0.332 e. The maximum absolute atomic E-state index is 13.5. The summed E-state index contributed by atoms with van der Waals surface area (Å²) in [7, 11) is 0. The first-order chi connectivity index (χ1) is 8.63. The highest BCUT2D eigenvalue weighted by molar-refractivity contribution is 5.94. The molecule has 1 aromatic rings. The first-order valence-corrected chi connectivity index (χ1v) is 6.20. The van der Waals surface area contributed by atoms with E-state index in [1.54, 1.807) is 4.90 Å². The highest BCUT2D eigenvalue weighted by Gasteiger charge is 2.26. The van der Waals surface area contributed by atoms with Gasteiger partial charge in [0.25, 0.3) is 5.91 Å². The SMILES string of the molecule is CC[NH+]1CCN(C(=O)c2cccc(F)c2F)CC1. The van der Waals surface area contributed by atoms with Crippen LogP contribution in [0.25, 0.3) is 0 Å². The Morgan fingerprint density at radius 1 is 1.33 bits per heavy atom. The molecule has 0 spiro atoms. The fourth-order valence-electron chi connectivity index (χ4n) is 2.22. The van der Waals surface area contributed by atoms with Gasteiger partial charge in [-0.15, -0.1) is 0 Å². The number of likely N-dealkylation sites (N-methyl/N-ethyl adjacent to an activating group) is 1. The van der Waals surface area contributed by atoms with Gasteiger partial charge in [0, 0.05) is 0 Å². The number of hydrogen-bond acceptors (Lipinski definition) is 1. The fourth-order valence-corrected chi connectivity index (χ4v) is 2.22. The van der Waals surface area contributed by atoms with Crippen LogP contribution in [0.2, 0.25) is 0 Å². The second-order valence-corrected chi connectivity index (χ2v) is 4.50. The molecule has 1 N–H and O–H groups in total. The van der Waals surface area contributed by atoms with E-state index in [4.69, 9.17) is 0 Å². The summed E-state index contributed by atoms with van der Waals surface area (Å²) in [6.07, 6.45) is 0. The summed E-state index contributed by atoms with van der Waals surface area (Å²) >= 11 is 0. The van der Waals surface area contributed by atoms with E-state index in [0.29, 0.717) is 13.1 Å². The predicted molar refractivity (Wildman–Crippen MR) is 63.5 cm³/mol. The van der Waals surface area contributed by atoms with Gasteiger partial charge in [-0.1, -0.05) is 6.07 Å². The minimum Gasteiger partial charge on any atom is -0.332 e. The summed E-state index contributed by atoms with van der Waals surface area (Å²) in [4.78, 5) is 15.1. The molecule has 1 heterocycles. The van der Waals surface area contributed by atoms with Gasteiger partial charge in [-0.2, -0.15) is 0 Å². The predicted octanol–water partition coefficient (Wildman–Crippen LogP) is 0.325. The Hall–Kier alpha value is -1.49. The molecule has 0 saturated carbocycles. The Bertz CT molecular complexity index is 443. The van der Waals surface area contributed by atoms with Crippen molar-refractivity contribution < 1.29 is 18.5 Å². The molecule has 2 rings (SSSR count). The molecule has 1 fully saturated rings. The zero-order valence-corrected chi connectivity index (χ0v) is 10.4. The normalized spacial score (nSPS) is 16.9. The summed E-state index contributed by atoms with van der Waals surface area (Å²) in [5.41, 5.74) is -0.171. The van der Waals surface area contributed by atoms with Crippen molar-refractivity contribution >= 4 is 5.91 Å². The van der Waals surface area contributed by atoms with Gasteiger partial charge < -0.3 is 9.80 Å². The molecule has 1 aliphatic heterocycles. The van der Waals surface area contributed by atoms with Crippen LogP contribution in [0.3, 0.4) is 0 Å². The number of benzene rings is 1. The number of carbonyl (C=O) groups excluding carboxylic acids is 1. The van der Waals surface area contributed by atoms with Gasteiger partial charge in [0.05, 0.1) is 38.3 Å². The molecule has 3 nitrogen and oxygen atoms in total. The topological polar surface area (TPSA) is 24.8 Å². The van der Waals surface area contributed by atoms with Gasteiger partial charge in [-0.25, -0.2) is 8.78 Å². The number of piperazine rings is 1. The zero-order valence-electron chi connectivity index (χ0n) is 10.4. The molecule has 1 saturated heterocycles. The monoisotopic (exact) mass is 255 g/mol. The molecule has 1 aromatic carbocycles. The first kappa shape index (κ1) is 13.0. The second kappa shape index (κ2) is 5.44. The second-order valence-electron chi connectivity index (χ2n) is 4.50. The van der Waals surface area contributed by atoms with Crippen LogP contribution in [-0.2, 0) is 0 Å². The van der Waals surface area contributed by atoms with E-state index in [2.05, 4.69) is 6.92 Å². The van der Waals surface area contributed by atoms with Crippen molar-refractivity contribution in [1.29, 1.82) is 0 Å². The van der Waals surface area contributed by atoms with E-state index >= 15 is 0 Å². The van der Waals surface area contributed by atoms with Gasteiger partial charge in [0.2, 0.25) is 0 Å². The van der Waals surface area contributed by atoms with Crippen LogP contribution < -0.4 is 4.90 Å². The molecule has 1 amide bonds. The van der Waals surface area contributed by atoms with Crippen molar-refractivity contribution in [3.8, 4) is 0 Å². The van der Waals surface area contributed by atoms with Crippen molar-refractivity contribution in [2.75, 3.05) is 32.7 Å². The van der Waals surface area contributed by atoms with Gasteiger partial charge in [-0.05, 0) is 19.1 Å². The Kier molecular flexibility index (Phi) is 3.91. The molecular weight excluding hydrogens is 238 g/mol. The first-order valence-electron chi connectivity index (χ1n) is 6.20. The van der Waals surface area contributed by atoms with E-state index in [1.165, 1.54) is 17.0 Å². The van der Waals surface area contributed by atoms with E-state index < -0.39 is 17.5 Å². The molecular formula is C13H17F2N2O+. The van der Waals surface area contributed by atoms with Crippen LogP contribution in [-0.4, -0.2) is 43.5 Å². The molecule has 5 heteroatoms. The number of hydrogen-bond donors (Lipinski definition) is 1. The number of carbonyl (C=O) groups is 1. The van der Waals surface area contributed by atoms with Crippen molar-refractivity contribution in [2.24, 2.45) is 0 Å². The molecule has 1 aliphatic rings. The van der Waals surface area contributed by atoms with Gasteiger partial charge in [-0.3, -0.25) is 4.79 Å². The number of nitrogens with one attached hydrogen (secondary N) is 1. The van der Waals surface area contributed by atoms with Gasteiger partial charge >= 0.3 is 0 Å². The summed E-state index contributed by atoms with van der Waals surface area (Å²) in [5.74, 6) is -2.44. The quantitative estimate of drug-likeness (QED) is 0.809. The zero-order chi connectivity index (χ0) is 13.1. The summed E-state index contributed by atoms with van der Waals surface area (Å²) in [6.45, 7) is 6.03. The Labute approximate surface area is 105 Å². The summed E-state index contributed by atoms with van der Waals surface area (Å²) in [5, 5.41) is 0. The van der Waals surface area contributed by atoms with Crippen molar-refractivity contribution in [2.45, 2.75) is 6.92 Å². The smallest absolute Gasteiger partial charge is 0.257 e. The lowest BCUT2D eigenvalue weighted by molar-refractivity contribution is -0.902. The van der Waals surface area contributed by atoms with E-state index in [-0.39, 0.29) is 5.56 Å². The highest BCUT2D eigenvalue weighted by atomic mass is 19.2. The molecule has 0 unspecified atom stereocenters. The lowest BCUT2D eigenvalue weighted by Crippen LogP contribution is -3.14. The van der Waals surface area contributed by atoms with Gasteiger partial charge in [0.1, 0.15) is 0 Å². The number of rotatable bonds is 2. The minimum absolute atomic E-state index is 0.171. The summed E-state index contributed by atoms with van der Waals surface area (Å²) < 4.78 is 26.6. The van der Waals surface area contributed by atoms with E-state index in [9.17, 15) is 13.6 Å². The number of nitrogens with zero attached hydrogens (tertiary/aromatic N) is 1. The average Bonchev–Trinajstić information content (AvgIpc) is 2.41. The van der Waals surface area contributed by atoms with Crippen molar-refractivity contribution in [3.05, 3.63) is 35.4 Å². The maximum Gasteiger partial charge on any atom is 0.257 e. The molecule has 18 heavy (non-hydrogen) atoms. The van der Waals surface area contributed by atoms with Crippen molar-refractivity contribution in [1.82, 2.24) is 4.90 Å². The lowest BCUT2D eigenvalue weighted by Gasteiger charge is -2.31.